The van der Waals surface area contributed by atoms with Gasteiger partial charge in [0, 0.05) is 37.5 Å². The second kappa shape index (κ2) is 10.3. The molecule has 1 N–H and O–H groups in total. The van der Waals surface area contributed by atoms with Gasteiger partial charge in [-0.2, -0.15) is 0 Å². The van der Waals surface area contributed by atoms with Gasteiger partial charge in [-0.25, -0.2) is 0 Å². The Labute approximate surface area is 210 Å². The smallest absolute Gasteiger partial charge is 0.256 e. The van der Waals surface area contributed by atoms with Gasteiger partial charge in [-0.05, 0) is 50.2 Å². The number of methoxy groups -OCH3 is 1. The Bertz CT molecular complexity index is 1100. The van der Waals surface area contributed by atoms with Crippen LogP contribution in [0.4, 0.5) is 0 Å². The molecule has 0 aromatic heterocycles. The number of piperidine rings is 1. The lowest BCUT2D eigenvalue weighted by Gasteiger charge is -2.44. The van der Waals surface area contributed by atoms with E-state index in [1.165, 1.54) is 0 Å². The number of halogens is 1. The Balaban J connectivity index is 1.58. The number of hydrogen-bond donors (Lipinski definition) is 1. The normalized spacial score (nSPS) is 19.2. The molecule has 9 heteroatoms. The molecule has 0 aliphatic carbocycles. The maximum absolute atomic E-state index is 13.7. The first-order chi connectivity index (χ1) is 16.8. The molecular weight excluding hydrogens is 470 g/mol. The third kappa shape index (κ3) is 4.99. The molecule has 8 nitrogen and oxygen atoms in total. The number of ether oxygens (including phenoxy) is 2. The van der Waals surface area contributed by atoms with Crippen LogP contribution in [0.1, 0.15) is 47.4 Å². The van der Waals surface area contributed by atoms with Crippen LogP contribution in [0, 0.1) is 0 Å². The van der Waals surface area contributed by atoms with E-state index in [-0.39, 0.29) is 30.4 Å². The van der Waals surface area contributed by atoms with Crippen LogP contribution in [0.15, 0.2) is 48.5 Å². The van der Waals surface area contributed by atoms with E-state index < -0.39 is 11.8 Å². The summed E-state index contributed by atoms with van der Waals surface area (Å²) in [5, 5.41) is 3.30. The van der Waals surface area contributed by atoms with Gasteiger partial charge in [-0.15, -0.1) is 0 Å². The molecule has 2 fully saturated rings. The number of likely N-dealkylation sites (tertiary alicyclic amines) is 1. The molecule has 2 heterocycles. The fourth-order valence-electron chi connectivity index (χ4n) is 4.68. The Kier molecular flexibility index (Phi) is 7.33. The Hall–Kier alpha value is -3.10. The minimum Gasteiger partial charge on any atom is -0.497 e. The molecule has 186 valence electrons. The van der Waals surface area contributed by atoms with Crippen molar-refractivity contribution in [1.29, 1.82) is 0 Å². The summed E-state index contributed by atoms with van der Waals surface area (Å²) in [6.07, 6.45) is 0.771. The van der Waals surface area contributed by atoms with Crippen molar-refractivity contribution in [1.82, 2.24) is 15.1 Å². The van der Waals surface area contributed by atoms with E-state index in [2.05, 4.69) is 5.32 Å². The minimum atomic E-state index is -0.979. The van der Waals surface area contributed by atoms with Gasteiger partial charge < -0.3 is 19.7 Å². The predicted octanol–water partition coefficient (Wildman–Crippen LogP) is 3.35. The zero-order chi connectivity index (χ0) is 25.2. The number of nitrogens with one attached hydrogen (secondary N) is 1. The predicted molar refractivity (Wildman–Crippen MR) is 132 cm³/mol. The average molecular weight is 500 g/mol. The highest BCUT2D eigenvalue weighted by Gasteiger charge is 2.54. The molecule has 2 aromatic rings. The molecule has 1 spiro atoms. The molecule has 2 saturated heterocycles. The third-order valence-corrected chi connectivity index (χ3v) is 6.82. The minimum absolute atomic E-state index is 0.0768. The summed E-state index contributed by atoms with van der Waals surface area (Å²) in [5.41, 5.74) is -0.0989. The van der Waals surface area contributed by atoms with Gasteiger partial charge in [-0.3, -0.25) is 19.3 Å². The molecule has 4 rings (SSSR count). The molecule has 2 aliphatic heterocycles. The first kappa shape index (κ1) is 25.0. The standard InChI is InChI=1S/C26H30ClN3O5/c1-17(2)28-23(31)22-16-35-26(30(22)24(32)18-8-10-19(34-3)11-9-18)12-14-29(15-13-26)25(33)20-6-4-5-7-21(20)27/h4-11,17,22H,12-16H2,1-3H3,(H,28,31). The van der Waals surface area contributed by atoms with Crippen molar-refractivity contribution in [2.45, 2.75) is 44.5 Å². The molecule has 0 bridgehead atoms. The third-order valence-electron chi connectivity index (χ3n) is 6.49. The molecule has 0 radical (unpaired) electrons. The quantitative estimate of drug-likeness (QED) is 0.681. The Morgan fingerprint density at radius 3 is 2.31 bits per heavy atom. The molecule has 0 saturated carbocycles. The number of nitrogens with zero attached hydrogens (tertiary/aromatic N) is 2. The molecule has 2 aliphatic rings. The van der Waals surface area contributed by atoms with E-state index in [0.717, 1.165) is 0 Å². The number of carbonyl (C=O) groups is 3. The lowest BCUT2D eigenvalue weighted by molar-refractivity contribution is -0.128. The van der Waals surface area contributed by atoms with Gasteiger partial charge >= 0.3 is 0 Å². The molecule has 1 atom stereocenters. The van der Waals surface area contributed by atoms with Gasteiger partial charge in [0.25, 0.3) is 11.8 Å². The summed E-state index contributed by atoms with van der Waals surface area (Å²) >= 11 is 6.23. The molecule has 1 unspecified atom stereocenters. The maximum Gasteiger partial charge on any atom is 0.256 e. The van der Waals surface area contributed by atoms with Gasteiger partial charge in [0.1, 0.15) is 17.5 Å². The van der Waals surface area contributed by atoms with E-state index in [1.807, 2.05) is 13.8 Å². The summed E-state index contributed by atoms with van der Waals surface area (Å²) in [7, 11) is 1.56. The second-order valence-corrected chi connectivity index (χ2v) is 9.52. The van der Waals surface area contributed by atoms with Gasteiger partial charge in [0.05, 0.1) is 24.3 Å². The van der Waals surface area contributed by atoms with Crippen molar-refractivity contribution >= 4 is 29.3 Å². The summed E-state index contributed by atoms with van der Waals surface area (Å²) < 4.78 is 11.4. The van der Waals surface area contributed by atoms with E-state index in [4.69, 9.17) is 21.1 Å². The van der Waals surface area contributed by atoms with E-state index >= 15 is 0 Å². The molecule has 2 aromatic carbocycles. The van der Waals surface area contributed by atoms with Gasteiger partial charge in [0.2, 0.25) is 5.91 Å². The Morgan fingerprint density at radius 2 is 1.71 bits per heavy atom. The maximum atomic E-state index is 13.7. The van der Waals surface area contributed by atoms with Crippen LogP contribution in [-0.2, 0) is 9.53 Å². The fraction of sp³-hybridized carbons (Fsp3) is 0.423. The van der Waals surface area contributed by atoms with E-state index in [0.29, 0.717) is 47.8 Å². The van der Waals surface area contributed by atoms with E-state index in [9.17, 15) is 14.4 Å². The van der Waals surface area contributed by atoms with Crippen LogP contribution >= 0.6 is 11.6 Å². The van der Waals surface area contributed by atoms with Crippen molar-refractivity contribution in [2.24, 2.45) is 0 Å². The van der Waals surface area contributed by atoms with Crippen molar-refractivity contribution in [3.63, 3.8) is 0 Å². The van der Waals surface area contributed by atoms with Gasteiger partial charge in [0.15, 0.2) is 0 Å². The average Bonchev–Trinajstić information content (AvgIpc) is 3.22. The zero-order valence-corrected chi connectivity index (χ0v) is 20.9. The number of hydrogen-bond acceptors (Lipinski definition) is 5. The highest BCUT2D eigenvalue weighted by Crippen LogP contribution is 2.39. The highest BCUT2D eigenvalue weighted by molar-refractivity contribution is 6.33. The summed E-state index contributed by atoms with van der Waals surface area (Å²) in [6, 6.07) is 12.9. The Morgan fingerprint density at radius 1 is 1.06 bits per heavy atom. The van der Waals surface area contributed by atoms with Gasteiger partial charge in [-0.1, -0.05) is 23.7 Å². The van der Waals surface area contributed by atoms with Crippen LogP contribution in [0.25, 0.3) is 0 Å². The van der Waals surface area contributed by atoms with Crippen molar-refractivity contribution < 1.29 is 23.9 Å². The largest absolute Gasteiger partial charge is 0.497 e. The number of benzene rings is 2. The van der Waals surface area contributed by atoms with Crippen molar-refractivity contribution in [3.8, 4) is 5.75 Å². The van der Waals surface area contributed by atoms with Crippen molar-refractivity contribution in [2.75, 3.05) is 26.8 Å². The molecule has 35 heavy (non-hydrogen) atoms. The van der Waals surface area contributed by atoms with E-state index in [1.54, 1.807) is 65.4 Å². The summed E-state index contributed by atoms with van der Waals surface area (Å²) in [5.74, 6) is -0.0757. The van der Waals surface area contributed by atoms with Crippen LogP contribution in [-0.4, -0.2) is 72.1 Å². The first-order valence-electron chi connectivity index (χ1n) is 11.7. The van der Waals surface area contributed by atoms with Crippen LogP contribution < -0.4 is 10.1 Å². The lowest BCUT2D eigenvalue weighted by atomic mass is 9.96. The SMILES string of the molecule is COc1ccc(C(=O)N2C(C(=O)NC(C)C)COC23CCN(C(=O)c2ccccc2Cl)CC3)cc1. The zero-order valence-electron chi connectivity index (χ0n) is 20.1. The molecular formula is C26H30ClN3O5. The first-order valence-corrected chi connectivity index (χ1v) is 12.1. The lowest BCUT2D eigenvalue weighted by Crippen LogP contribution is -2.60. The van der Waals surface area contributed by atoms with Crippen molar-refractivity contribution in [3.05, 3.63) is 64.7 Å². The van der Waals surface area contributed by atoms with Crippen LogP contribution in [0.2, 0.25) is 5.02 Å². The number of amides is 3. The number of carbonyl (C=O) groups excluding carboxylic acids is 3. The highest BCUT2D eigenvalue weighted by atomic mass is 35.5. The number of rotatable bonds is 5. The molecule has 3 amide bonds. The fourth-order valence-corrected chi connectivity index (χ4v) is 4.90. The van der Waals surface area contributed by atoms with Crippen LogP contribution in [0.3, 0.4) is 0 Å². The second-order valence-electron chi connectivity index (χ2n) is 9.11. The monoisotopic (exact) mass is 499 g/mol. The van der Waals surface area contributed by atoms with Crippen LogP contribution in [0.5, 0.6) is 5.75 Å². The summed E-state index contributed by atoms with van der Waals surface area (Å²) in [4.78, 5) is 43.1. The summed E-state index contributed by atoms with van der Waals surface area (Å²) in [6.45, 7) is 4.58. The topological polar surface area (TPSA) is 88.2 Å².